The van der Waals surface area contributed by atoms with E-state index in [1.165, 1.54) is 18.4 Å². The monoisotopic (exact) mass is 408 g/mol. The van der Waals surface area contributed by atoms with Gasteiger partial charge >= 0.3 is 5.97 Å². The number of ether oxygens (including phenoxy) is 1. The molecule has 0 unspecified atom stereocenters. The lowest BCUT2D eigenvalue weighted by Gasteiger charge is -2.12. The van der Waals surface area contributed by atoms with Crippen molar-refractivity contribution >= 4 is 40.5 Å². The molecule has 0 aliphatic heterocycles. The van der Waals surface area contributed by atoms with E-state index in [-0.39, 0.29) is 11.8 Å². The van der Waals surface area contributed by atoms with Gasteiger partial charge in [-0.3, -0.25) is 9.59 Å². The Morgan fingerprint density at radius 1 is 0.897 bits per heavy atom. The van der Waals surface area contributed by atoms with Crippen LogP contribution in [0.4, 0.5) is 11.4 Å². The van der Waals surface area contributed by atoms with Crippen LogP contribution in [-0.2, 0) is 4.74 Å². The smallest absolute Gasteiger partial charge is 0.338 e. The molecule has 0 fully saturated rings. The summed E-state index contributed by atoms with van der Waals surface area (Å²) in [6.07, 6.45) is 0. The van der Waals surface area contributed by atoms with Crippen LogP contribution in [0.3, 0.4) is 0 Å². The zero-order chi connectivity index (χ0) is 21.0. The second-order valence-corrected chi connectivity index (χ2v) is 7.37. The number of anilines is 2. The highest BCUT2D eigenvalue weighted by atomic mass is 32.1. The molecule has 0 radical (unpaired) electrons. The SMILES string of the molecule is COC(=O)c1cc(NC(=O)c2ccc(NC(=O)c3cccs3)cc2)cc(C)c1C. The molecule has 0 bridgehead atoms. The Labute approximate surface area is 172 Å². The van der Waals surface area contributed by atoms with E-state index in [0.29, 0.717) is 27.4 Å². The largest absolute Gasteiger partial charge is 0.465 e. The molecule has 0 aliphatic carbocycles. The number of thiophene rings is 1. The van der Waals surface area contributed by atoms with Crippen molar-refractivity contribution in [2.45, 2.75) is 13.8 Å². The Morgan fingerprint density at radius 2 is 1.59 bits per heavy atom. The molecule has 0 spiro atoms. The van der Waals surface area contributed by atoms with Crippen molar-refractivity contribution in [2.24, 2.45) is 0 Å². The molecular formula is C22H20N2O4S. The molecule has 0 saturated carbocycles. The molecule has 3 rings (SSSR count). The lowest BCUT2D eigenvalue weighted by molar-refractivity contribution is 0.0599. The summed E-state index contributed by atoms with van der Waals surface area (Å²) in [4.78, 5) is 37.2. The van der Waals surface area contributed by atoms with Crippen LogP contribution in [0.1, 0.15) is 41.5 Å². The summed E-state index contributed by atoms with van der Waals surface area (Å²) in [6, 6.07) is 13.5. The van der Waals surface area contributed by atoms with Crippen LogP contribution in [0.2, 0.25) is 0 Å². The predicted octanol–water partition coefficient (Wildman–Crippen LogP) is 4.66. The first kappa shape index (κ1) is 20.3. The Balaban J connectivity index is 1.72. The van der Waals surface area contributed by atoms with Gasteiger partial charge in [0.15, 0.2) is 0 Å². The lowest BCUT2D eigenvalue weighted by Crippen LogP contribution is -2.14. The number of rotatable bonds is 5. The summed E-state index contributed by atoms with van der Waals surface area (Å²) in [5.74, 6) is -0.963. The first-order chi connectivity index (χ1) is 13.9. The van der Waals surface area contributed by atoms with Crippen molar-refractivity contribution in [1.82, 2.24) is 0 Å². The van der Waals surface area contributed by atoms with Gasteiger partial charge in [-0.25, -0.2) is 4.79 Å². The molecule has 1 heterocycles. The number of methoxy groups -OCH3 is 1. The number of nitrogens with one attached hydrogen (secondary N) is 2. The van der Waals surface area contributed by atoms with E-state index in [1.807, 2.05) is 25.3 Å². The maximum absolute atomic E-state index is 12.6. The summed E-state index contributed by atoms with van der Waals surface area (Å²) in [5.41, 5.74) is 3.62. The zero-order valence-corrected chi connectivity index (χ0v) is 17.1. The molecule has 3 aromatic rings. The minimum Gasteiger partial charge on any atom is -0.465 e. The van der Waals surface area contributed by atoms with Crippen molar-refractivity contribution in [3.63, 3.8) is 0 Å². The van der Waals surface area contributed by atoms with Gasteiger partial charge in [0.2, 0.25) is 0 Å². The molecule has 0 aliphatic rings. The van der Waals surface area contributed by atoms with Gasteiger partial charge in [-0.05, 0) is 72.8 Å². The third kappa shape index (κ3) is 4.70. The maximum atomic E-state index is 12.6. The van der Waals surface area contributed by atoms with Crippen LogP contribution in [-0.4, -0.2) is 24.9 Å². The number of hydrogen-bond donors (Lipinski definition) is 2. The molecule has 7 heteroatoms. The summed E-state index contributed by atoms with van der Waals surface area (Å²) in [5, 5.41) is 7.42. The van der Waals surface area contributed by atoms with Crippen molar-refractivity contribution in [2.75, 3.05) is 17.7 Å². The van der Waals surface area contributed by atoms with E-state index in [1.54, 1.807) is 42.5 Å². The van der Waals surface area contributed by atoms with Gasteiger partial charge in [-0.1, -0.05) is 6.07 Å². The van der Waals surface area contributed by atoms with Crippen LogP contribution < -0.4 is 10.6 Å². The first-order valence-corrected chi connectivity index (χ1v) is 9.73. The quantitative estimate of drug-likeness (QED) is 0.602. The second kappa shape index (κ2) is 8.70. The molecule has 0 saturated heterocycles. The van der Waals surface area contributed by atoms with Gasteiger partial charge in [0.05, 0.1) is 17.6 Å². The number of hydrogen-bond acceptors (Lipinski definition) is 5. The molecule has 2 N–H and O–H groups in total. The average molecular weight is 408 g/mol. The van der Waals surface area contributed by atoms with Gasteiger partial charge < -0.3 is 15.4 Å². The van der Waals surface area contributed by atoms with Crippen molar-refractivity contribution in [1.29, 1.82) is 0 Å². The van der Waals surface area contributed by atoms with Crippen molar-refractivity contribution in [3.8, 4) is 0 Å². The number of benzene rings is 2. The minimum absolute atomic E-state index is 0.192. The van der Waals surface area contributed by atoms with Crippen LogP contribution in [0, 0.1) is 13.8 Å². The van der Waals surface area contributed by atoms with E-state index < -0.39 is 5.97 Å². The number of esters is 1. The standard InChI is InChI=1S/C22H20N2O4S/c1-13-11-17(12-18(14(13)2)22(27)28-3)24-20(25)15-6-8-16(9-7-15)23-21(26)19-5-4-10-29-19/h4-12H,1-3H3,(H,23,26)(H,24,25). The molecule has 1 aromatic heterocycles. The van der Waals surface area contributed by atoms with E-state index in [0.717, 1.165) is 11.1 Å². The highest BCUT2D eigenvalue weighted by molar-refractivity contribution is 7.12. The van der Waals surface area contributed by atoms with Crippen molar-refractivity contribution < 1.29 is 19.1 Å². The molecule has 2 aromatic carbocycles. The third-order valence-corrected chi connectivity index (χ3v) is 5.35. The maximum Gasteiger partial charge on any atom is 0.338 e. The van der Waals surface area contributed by atoms with Crippen LogP contribution in [0.15, 0.2) is 53.9 Å². The molecular weight excluding hydrogens is 388 g/mol. The van der Waals surface area contributed by atoms with Crippen molar-refractivity contribution in [3.05, 3.63) is 81.0 Å². The third-order valence-electron chi connectivity index (χ3n) is 4.48. The second-order valence-electron chi connectivity index (χ2n) is 6.42. The Kier molecular flexibility index (Phi) is 6.09. The Morgan fingerprint density at radius 3 is 2.21 bits per heavy atom. The molecule has 0 atom stereocenters. The van der Waals surface area contributed by atoms with Gasteiger partial charge in [0.25, 0.3) is 11.8 Å². The number of carbonyl (C=O) groups is 3. The van der Waals surface area contributed by atoms with E-state index in [9.17, 15) is 14.4 Å². The fraction of sp³-hybridized carbons (Fsp3) is 0.136. The summed E-state index contributed by atoms with van der Waals surface area (Å²) < 4.78 is 4.80. The molecule has 2 amide bonds. The normalized spacial score (nSPS) is 10.3. The van der Waals surface area contributed by atoms with Gasteiger partial charge in [0, 0.05) is 16.9 Å². The number of aryl methyl sites for hydroxylation is 1. The van der Waals surface area contributed by atoms with Gasteiger partial charge in [-0.2, -0.15) is 0 Å². The Hall–Kier alpha value is -3.45. The van der Waals surface area contributed by atoms with E-state index in [2.05, 4.69) is 10.6 Å². The lowest BCUT2D eigenvalue weighted by atomic mass is 10.0. The number of carbonyl (C=O) groups excluding carboxylic acids is 3. The molecule has 6 nitrogen and oxygen atoms in total. The predicted molar refractivity (Wildman–Crippen MR) is 114 cm³/mol. The fourth-order valence-electron chi connectivity index (χ4n) is 2.76. The van der Waals surface area contributed by atoms with Crippen LogP contribution in [0.5, 0.6) is 0 Å². The summed E-state index contributed by atoms with van der Waals surface area (Å²) in [7, 11) is 1.32. The Bertz CT molecular complexity index is 1060. The van der Waals surface area contributed by atoms with E-state index in [4.69, 9.17) is 4.74 Å². The minimum atomic E-state index is -0.451. The number of amides is 2. The van der Waals surface area contributed by atoms with Gasteiger partial charge in [-0.15, -0.1) is 11.3 Å². The molecule has 148 valence electrons. The first-order valence-electron chi connectivity index (χ1n) is 8.85. The zero-order valence-electron chi connectivity index (χ0n) is 16.2. The van der Waals surface area contributed by atoms with Crippen LogP contribution >= 0.6 is 11.3 Å². The topological polar surface area (TPSA) is 84.5 Å². The van der Waals surface area contributed by atoms with Crippen LogP contribution in [0.25, 0.3) is 0 Å². The summed E-state index contributed by atoms with van der Waals surface area (Å²) in [6.45, 7) is 3.69. The van der Waals surface area contributed by atoms with E-state index >= 15 is 0 Å². The average Bonchev–Trinajstić information content (AvgIpc) is 3.25. The van der Waals surface area contributed by atoms with Gasteiger partial charge in [0.1, 0.15) is 0 Å². The highest BCUT2D eigenvalue weighted by Gasteiger charge is 2.15. The highest BCUT2D eigenvalue weighted by Crippen LogP contribution is 2.22. The summed E-state index contributed by atoms with van der Waals surface area (Å²) >= 11 is 1.36. The fourth-order valence-corrected chi connectivity index (χ4v) is 3.38. The molecule has 29 heavy (non-hydrogen) atoms.